The van der Waals surface area contributed by atoms with Gasteiger partial charge in [0.1, 0.15) is 10.7 Å². The van der Waals surface area contributed by atoms with E-state index in [1.807, 2.05) is 43.3 Å². The fraction of sp³-hybridized carbons (Fsp3) is 0.263. The third-order valence-corrected chi connectivity index (χ3v) is 11.0. The van der Waals surface area contributed by atoms with Crippen LogP contribution in [0.2, 0.25) is 0 Å². The number of hydrogen-bond donors (Lipinski definition) is 3. The normalized spacial score (nSPS) is 13.4. The van der Waals surface area contributed by atoms with E-state index in [0.29, 0.717) is 28.2 Å². The molecule has 0 aliphatic heterocycles. The molecule has 3 aromatic carbocycles. The molecule has 254 valence electrons. The number of halogens is 1. The average Bonchev–Trinajstić information content (AvgIpc) is 3.27. The van der Waals surface area contributed by atoms with E-state index in [9.17, 15) is 19.2 Å². The van der Waals surface area contributed by atoms with Gasteiger partial charge in [-0.3, -0.25) is 14.4 Å². The number of benzene rings is 3. The SMILES string of the molecule is CCOC(=O)c1c(NC(=O)C(CC)Sc2cccc(NC(=O)/C(=C\c3ccc(Br)cc3)NC(=O)c3ccccc3)c2)sc2c1CCCCC2. The zero-order valence-electron chi connectivity index (χ0n) is 27.3. The number of ether oxygens (including phenoxy) is 1. The van der Waals surface area contributed by atoms with Crippen molar-refractivity contribution in [1.29, 1.82) is 0 Å². The van der Waals surface area contributed by atoms with Crippen molar-refractivity contribution in [1.82, 2.24) is 5.32 Å². The maximum Gasteiger partial charge on any atom is 0.341 e. The van der Waals surface area contributed by atoms with E-state index in [1.54, 1.807) is 55.5 Å². The molecular formula is C38H38BrN3O5S2. The first-order valence-corrected chi connectivity index (χ1v) is 18.8. The van der Waals surface area contributed by atoms with Crippen molar-refractivity contribution < 1.29 is 23.9 Å². The van der Waals surface area contributed by atoms with Crippen LogP contribution in [-0.4, -0.2) is 35.5 Å². The summed E-state index contributed by atoms with van der Waals surface area (Å²) < 4.78 is 6.28. The molecule has 0 fully saturated rings. The molecule has 1 atom stereocenters. The van der Waals surface area contributed by atoms with Crippen LogP contribution in [0.25, 0.3) is 6.08 Å². The Morgan fingerprint density at radius 2 is 1.67 bits per heavy atom. The van der Waals surface area contributed by atoms with Gasteiger partial charge < -0.3 is 20.7 Å². The van der Waals surface area contributed by atoms with Crippen LogP contribution in [0.5, 0.6) is 0 Å². The molecule has 11 heteroatoms. The summed E-state index contributed by atoms with van der Waals surface area (Å²) in [4.78, 5) is 55.2. The lowest BCUT2D eigenvalue weighted by Crippen LogP contribution is -2.30. The van der Waals surface area contributed by atoms with Crippen LogP contribution in [-0.2, 0) is 27.2 Å². The Balaban J connectivity index is 1.31. The van der Waals surface area contributed by atoms with Crippen molar-refractivity contribution >= 4 is 79.5 Å². The second-order valence-electron chi connectivity index (χ2n) is 11.4. The third kappa shape index (κ3) is 9.71. The van der Waals surface area contributed by atoms with E-state index < -0.39 is 23.0 Å². The van der Waals surface area contributed by atoms with Gasteiger partial charge in [-0.15, -0.1) is 23.1 Å². The van der Waals surface area contributed by atoms with E-state index in [0.717, 1.165) is 57.5 Å². The predicted octanol–water partition coefficient (Wildman–Crippen LogP) is 8.88. The van der Waals surface area contributed by atoms with E-state index in [4.69, 9.17) is 4.74 Å². The smallest absolute Gasteiger partial charge is 0.341 e. The molecule has 4 aromatic rings. The maximum atomic E-state index is 13.6. The van der Waals surface area contributed by atoms with Gasteiger partial charge in [-0.1, -0.05) is 65.7 Å². The molecule has 1 aliphatic rings. The monoisotopic (exact) mass is 759 g/mol. The molecule has 8 nitrogen and oxygen atoms in total. The van der Waals surface area contributed by atoms with Gasteiger partial charge in [0.25, 0.3) is 11.8 Å². The average molecular weight is 761 g/mol. The molecule has 1 heterocycles. The summed E-state index contributed by atoms with van der Waals surface area (Å²) in [5.74, 6) is -1.50. The zero-order valence-corrected chi connectivity index (χ0v) is 30.6. The van der Waals surface area contributed by atoms with Crippen LogP contribution in [0, 0.1) is 0 Å². The Labute approximate surface area is 303 Å². The number of esters is 1. The summed E-state index contributed by atoms with van der Waals surface area (Å²) in [6.07, 6.45) is 7.03. The zero-order chi connectivity index (χ0) is 34.8. The summed E-state index contributed by atoms with van der Waals surface area (Å²) in [6.45, 7) is 3.98. The number of aryl methyl sites for hydroxylation is 1. The lowest BCUT2D eigenvalue weighted by atomic mass is 10.1. The molecular weight excluding hydrogens is 722 g/mol. The van der Waals surface area contributed by atoms with Crippen molar-refractivity contribution in [3.63, 3.8) is 0 Å². The molecule has 0 saturated carbocycles. The number of anilines is 2. The van der Waals surface area contributed by atoms with Gasteiger partial charge in [-0.05, 0) is 98.7 Å². The Bertz CT molecular complexity index is 1840. The number of hydrogen-bond acceptors (Lipinski definition) is 7. The van der Waals surface area contributed by atoms with Gasteiger partial charge in [-0.25, -0.2) is 4.79 Å². The van der Waals surface area contributed by atoms with E-state index >= 15 is 0 Å². The molecule has 0 spiro atoms. The third-order valence-electron chi connectivity index (χ3n) is 7.88. The first-order chi connectivity index (χ1) is 23.7. The van der Waals surface area contributed by atoms with E-state index in [-0.39, 0.29) is 18.2 Å². The van der Waals surface area contributed by atoms with Gasteiger partial charge in [0, 0.05) is 25.5 Å². The molecule has 3 N–H and O–H groups in total. The van der Waals surface area contributed by atoms with Crippen molar-refractivity contribution in [3.05, 3.63) is 116 Å². The fourth-order valence-corrected chi connectivity index (χ4v) is 8.00. The van der Waals surface area contributed by atoms with Crippen molar-refractivity contribution in [2.75, 3.05) is 17.2 Å². The topological polar surface area (TPSA) is 114 Å². The highest BCUT2D eigenvalue weighted by molar-refractivity contribution is 9.10. The highest BCUT2D eigenvalue weighted by Gasteiger charge is 2.28. The molecule has 1 aromatic heterocycles. The number of rotatable bonds is 12. The molecule has 49 heavy (non-hydrogen) atoms. The predicted molar refractivity (Wildman–Crippen MR) is 201 cm³/mol. The molecule has 0 radical (unpaired) electrons. The Kier molecular flexibility index (Phi) is 12.9. The fourth-order valence-electron chi connectivity index (χ4n) is 5.44. The molecule has 0 bridgehead atoms. The van der Waals surface area contributed by atoms with E-state index in [1.165, 1.54) is 23.1 Å². The van der Waals surface area contributed by atoms with Gasteiger partial charge in [0.2, 0.25) is 5.91 Å². The quantitative estimate of drug-likeness (QED) is 0.0576. The van der Waals surface area contributed by atoms with E-state index in [2.05, 4.69) is 31.9 Å². The van der Waals surface area contributed by atoms with Gasteiger partial charge in [-0.2, -0.15) is 0 Å². The number of thiophene rings is 1. The number of carbonyl (C=O) groups is 4. The van der Waals surface area contributed by atoms with Crippen molar-refractivity contribution in [2.45, 2.75) is 62.5 Å². The Morgan fingerprint density at radius 1 is 0.918 bits per heavy atom. The van der Waals surface area contributed by atoms with Gasteiger partial charge >= 0.3 is 5.97 Å². The van der Waals surface area contributed by atoms with Crippen molar-refractivity contribution in [3.8, 4) is 0 Å². The summed E-state index contributed by atoms with van der Waals surface area (Å²) in [6, 6.07) is 23.3. The lowest BCUT2D eigenvalue weighted by Gasteiger charge is -2.16. The highest BCUT2D eigenvalue weighted by Crippen LogP contribution is 2.39. The van der Waals surface area contributed by atoms with Crippen LogP contribution in [0.1, 0.15) is 76.3 Å². The molecule has 0 saturated heterocycles. The number of thioether (sulfide) groups is 1. The maximum absolute atomic E-state index is 13.6. The number of amides is 3. The first-order valence-electron chi connectivity index (χ1n) is 16.3. The van der Waals surface area contributed by atoms with Crippen LogP contribution in [0.15, 0.2) is 93.9 Å². The van der Waals surface area contributed by atoms with Crippen LogP contribution in [0.3, 0.4) is 0 Å². The second kappa shape index (κ2) is 17.5. The van der Waals surface area contributed by atoms with Crippen LogP contribution < -0.4 is 16.0 Å². The standard InChI is InChI=1S/C38H38BrN3O5S2/c1-3-31(36(45)42-37-33(38(46)47-4-2)29-16-9-6-10-17-32(29)49-37)48-28-15-11-14-27(23-28)40-35(44)30(22-24-18-20-26(39)21-19-24)41-34(43)25-12-7-5-8-13-25/h5,7-8,11-15,18-23,31H,3-4,6,9-10,16-17H2,1-2H3,(H,40,44)(H,41,43)(H,42,45)/b30-22+. The highest BCUT2D eigenvalue weighted by atomic mass is 79.9. The van der Waals surface area contributed by atoms with Crippen LogP contribution >= 0.6 is 39.0 Å². The molecule has 1 aliphatic carbocycles. The lowest BCUT2D eigenvalue weighted by molar-refractivity contribution is -0.116. The summed E-state index contributed by atoms with van der Waals surface area (Å²) in [7, 11) is 0. The Hall–Kier alpha value is -4.19. The first kappa shape index (κ1) is 36.1. The van der Waals surface area contributed by atoms with Crippen molar-refractivity contribution in [2.24, 2.45) is 0 Å². The molecule has 3 amide bonds. The number of carbonyl (C=O) groups excluding carboxylic acids is 4. The Morgan fingerprint density at radius 3 is 2.41 bits per heavy atom. The van der Waals surface area contributed by atoms with Gasteiger partial charge in [0.05, 0.1) is 17.4 Å². The molecule has 1 unspecified atom stereocenters. The number of nitrogens with one attached hydrogen (secondary N) is 3. The second-order valence-corrected chi connectivity index (χ2v) is 14.7. The minimum atomic E-state index is -0.497. The van der Waals surface area contributed by atoms with Gasteiger partial charge in [0.15, 0.2) is 0 Å². The largest absolute Gasteiger partial charge is 0.462 e. The van der Waals surface area contributed by atoms with Crippen LogP contribution in [0.4, 0.5) is 10.7 Å². The molecule has 5 rings (SSSR count). The summed E-state index contributed by atoms with van der Waals surface area (Å²) >= 11 is 6.28. The minimum absolute atomic E-state index is 0.0757. The number of fused-ring (bicyclic) bond motifs is 1. The minimum Gasteiger partial charge on any atom is -0.462 e. The summed E-state index contributed by atoms with van der Waals surface area (Å²) in [5.41, 5.74) is 3.24. The summed E-state index contributed by atoms with van der Waals surface area (Å²) in [5, 5.41) is 8.81.